The Labute approximate surface area is 131 Å². The van der Waals surface area contributed by atoms with Crippen LogP contribution in [0.25, 0.3) is 0 Å². The van der Waals surface area contributed by atoms with E-state index in [1.165, 1.54) is 25.7 Å². The van der Waals surface area contributed by atoms with Crippen molar-refractivity contribution >= 4 is 37.1 Å². The van der Waals surface area contributed by atoms with Gasteiger partial charge in [0.2, 0.25) is 0 Å². The van der Waals surface area contributed by atoms with Crippen molar-refractivity contribution in [3.63, 3.8) is 0 Å². The van der Waals surface area contributed by atoms with E-state index in [2.05, 4.69) is 37.5 Å². The van der Waals surface area contributed by atoms with Gasteiger partial charge in [0.15, 0.2) is 0 Å². The summed E-state index contributed by atoms with van der Waals surface area (Å²) in [5.41, 5.74) is 0. The third-order valence-corrected chi connectivity index (χ3v) is 1.10. The molecular weight excluding hydrogens is 372 g/mol. The van der Waals surface area contributed by atoms with Gasteiger partial charge in [-0.05, 0) is 23.6 Å². The summed E-state index contributed by atoms with van der Waals surface area (Å²) in [5, 5.41) is 0. The standard InChI is InChI=1S/C7H15.2H3O3PS.Zn/c1-3-5-7-6-4-2;2*1-4(2,3)5;/h1,3-7H2,2H3;2*(H3,1,2,3,5);/q-1;;;. The van der Waals surface area contributed by atoms with E-state index >= 15 is 0 Å². The van der Waals surface area contributed by atoms with Crippen LogP contribution in [-0.2, 0) is 43.1 Å². The van der Waals surface area contributed by atoms with E-state index in [1.54, 1.807) is 0 Å². The van der Waals surface area contributed by atoms with Crippen molar-refractivity contribution in [2.45, 2.75) is 39.0 Å². The summed E-state index contributed by atoms with van der Waals surface area (Å²) in [6, 6.07) is 0. The van der Waals surface area contributed by atoms with Crippen molar-refractivity contribution in [1.29, 1.82) is 0 Å². The number of hydrogen-bond donors (Lipinski definition) is 6. The zero-order valence-electron chi connectivity index (χ0n) is 10.3. The molecule has 6 N–H and O–H groups in total. The molecule has 0 aliphatic rings. The van der Waals surface area contributed by atoms with Crippen molar-refractivity contribution in [1.82, 2.24) is 0 Å². The van der Waals surface area contributed by atoms with E-state index in [4.69, 9.17) is 29.4 Å². The normalized spacial score (nSPS) is 10.2. The van der Waals surface area contributed by atoms with Crippen LogP contribution in [0.15, 0.2) is 0 Å². The molecule has 0 aromatic rings. The van der Waals surface area contributed by atoms with Crippen LogP contribution < -0.4 is 0 Å². The SMILES string of the molecule is OP(O)(O)=S.OP(O)(O)=S.[CH2-]CCCCCC.[Zn]. The summed E-state index contributed by atoms with van der Waals surface area (Å²) in [6.07, 6.45) is 6.52. The average Bonchev–Trinajstić information content (AvgIpc) is 1.99. The molecule has 0 rings (SSSR count). The van der Waals surface area contributed by atoms with Gasteiger partial charge in [0.25, 0.3) is 0 Å². The van der Waals surface area contributed by atoms with Gasteiger partial charge in [0, 0.05) is 19.5 Å². The summed E-state index contributed by atoms with van der Waals surface area (Å²) < 4.78 is 0. The van der Waals surface area contributed by atoms with Gasteiger partial charge >= 0.3 is 13.4 Å². The Kier molecular flexibility index (Phi) is 26.0. The first kappa shape index (κ1) is 27.9. The molecule has 0 radical (unpaired) electrons. The second-order valence-electron chi connectivity index (χ2n) is 2.94. The minimum absolute atomic E-state index is 0. The Morgan fingerprint density at radius 2 is 1.11 bits per heavy atom. The maximum atomic E-state index is 7.56. The van der Waals surface area contributed by atoms with Crippen LogP contribution in [0.1, 0.15) is 39.0 Å². The maximum absolute atomic E-state index is 7.56. The van der Waals surface area contributed by atoms with Crippen molar-refractivity contribution in [3.8, 4) is 0 Å². The van der Waals surface area contributed by atoms with Gasteiger partial charge in [0.05, 0.1) is 0 Å². The predicted octanol–water partition coefficient (Wildman–Crippen LogP) is 1.16. The Balaban J connectivity index is -0.0000000813. The van der Waals surface area contributed by atoms with E-state index in [0.717, 1.165) is 6.42 Å². The van der Waals surface area contributed by atoms with E-state index in [9.17, 15) is 0 Å². The van der Waals surface area contributed by atoms with Crippen LogP contribution in [0, 0.1) is 6.92 Å². The van der Waals surface area contributed by atoms with Crippen LogP contribution in [0.2, 0.25) is 0 Å². The molecule has 0 unspecified atom stereocenters. The first-order chi connectivity index (χ1) is 7.41. The largest absolute Gasteiger partial charge is 0.343 e. The molecule has 11 heteroatoms. The summed E-state index contributed by atoms with van der Waals surface area (Å²) >= 11 is 7.21. The number of unbranched alkanes of at least 4 members (excludes halogenated alkanes) is 4. The van der Waals surface area contributed by atoms with Crippen LogP contribution in [0.3, 0.4) is 0 Å². The first-order valence-corrected chi connectivity index (χ1v) is 10.1. The number of hydrogen-bond acceptors (Lipinski definition) is 2. The zero-order valence-corrected chi connectivity index (χ0v) is 16.7. The molecule has 0 heterocycles. The molecule has 0 aromatic carbocycles. The molecule has 0 amide bonds. The molecule has 0 aliphatic carbocycles. The molecule has 0 saturated heterocycles. The Morgan fingerprint density at radius 3 is 1.28 bits per heavy atom. The quantitative estimate of drug-likeness (QED) is 0.182. The van der Waals surface area contributed by atoms with E-state index in [1.807, 2.05) is 0 Å². The third-order valence-electron chi connectivity index (χ3n) is 1.10. The zero-order chi connectivity index (χ0) is 14.5. The smallest absolute Gasteiger partial charge is 0.319 e. The van der Waals surface area contributed by atoms with Gasteiger partial charge in [0.1, 0.15) is 0 Å². The molecular formula is C7H21O6P2S2Zn-. The third kappa shape index (κ3) is 152. The summed E-state index contributed by atoms with van der Waals surface area (Å²) in [6.45, 7) is -1.63. The van der Waals surface area contributed by atoms with Gasteiger partial charge in [-0.1, -0.05) is 32.6 Å². The van der Waals surface area contributed by atoms with Crippen LogP contribution >= 0.6 is 13.4 Å². The monoisotopic (exact) mass is 391 g/mol. The topological polar surface area (TPSA) is 121 Å². The molecule has 110 valence electrons. The molecule has 0 saturated carbocycles. The summed E-state index contributed by atoms with van der Waals surface area (Å²) in [5.74, 6) is 0. The second kappa shape index (κ2) is 16.7. The molecule has 0 fully saturated rings. The Morgan fingerprint density at radius 1 is 0.833 bits per heavy atom. The van der Waals surface area contributed by atoms with E-state index in [0.29, 0.717) is 0 Å². The van der Waals surface area contributed by atoms with Crippen molar-refractivity contribution in [2.24, 2.45) is 0 Å². The molecule has 0 aromatic heterocycles. The fraction of sp³-hybridized carbons (Fsp3) is 0.857. The maximum Gasteiger partial charge on any atom is 0.319 e. The molecule has 0 spiro atoms. The molecule has 0 bridgehead atoms. The van der Waals surface area contributed by atoms with E-state index in [-0.39, 0.29) is 19.5 Å². The fourth-order valence-electron chi connectivity index (χ4n) is 0.604. The Bertz CT molecular complexity index is 204. The van der Waals surface area contributed by atoms with E-state index < -0.39 is 13.4 Å². The van der Waals surface area contributed by atoms with Crippen molar-refractivity contribution in [2.75, 3.05) is 0 Å². The number of rotatable bonds is 4. The first-order valence-electron chi connectivity index (χ1n) is 4.77. The van der Waals surface area contributed by atoms with Crippen molar-refractivity contribution < 1.29 is 48.8 Å². The average molecular weight is 393 g/mol. The van der Waals surface area contributed by atoms with Gasteiger partial charge in [-0.2, -0.15) is 6.42 Å². The molecule has 0 aliphatic heterocycles. The van der Waals surface area contributed by atoms with Gasteiger partial charge in [-0.3, -0.25) is 0 Å². The van der Waals surface area contributed by atoms with Gasteiger partial charge in [-0.15, -0.1) is 0 Å². The van der Waals surface area contributed by atoms with Gasteiger partial charge < -0.3 is 36.3 Å². The Hall–Kier alpha value is 1.68. The van der Waals surface area contributed by atoms with Gasteiger partial charge in [-0.25, -0.2) is 0 Å². The minimum atomic E-state index is -3.81. The molecule has 18 heavy (non-hydrogen) atoms. The summed E-state index contributed by atoms with van der Waals surface area (Å²) in [4.78, 5) is 45.3. The van der Waals surface area contributed by atoms with Crippen molar-refractivity contribution in [3.05, 3.63) is 6.92 Å². The van der Waals surface area contributed by atoms with Crippen LogP contribution in [-0.4, -0.2) is 29.4 Å². The second-order valence-corrected chi connectivity index (χ2v) is 7.93. The van der Waals surface area contributed by atoms with Crippen LogP contribution in [0.4, 0.5) is 0 Å². The fourth-order valence-corrected chi connectivity index (χ4v) is 0.604. The minimum Gasteiger partial charge on any atom is -0.343 e. The van der Waals surface area contributed by atoms with Crippen LogP contribution in [0.5, 0.6) is 0 Å². The molecule has 6 nitrogen and oxygen atoms in total. The predicted molar refractivity (Wildman–Crippen MR) is 76.0 cm³/mol. The molecule has 0 atom stereocenters. The summed E-state index contributed by atoms with van der Waals surface area (Å²) in [7, 11) is 0.